The Morgan fingerprint density at radius 3 is 2.56 bits per heavy atom. The largest absolute Gasteiger partial charge is 0.372 e. The molecular formula is C12H15BrFNO. The van der Waals surface area contributed by atoms with Gasteiger partial charge in [0.05, 0.1) is 22.4 Å². The van der Waals surface area contributed by atoms with Crippen LogP contribution in [0.1, 0.15) is 13.8 Å². The van der Waals surface area contributed by atoms with Crippen LogP contribution in [0, 0.1) is 5.82 Å². The highest BCUT2D eigenvalue weighted by Crippen LogP contribution is 2.28. The number of benzene rings is 1. The molecule has 1 aliphatic rings. The first kappa shape index (κ1) is 11.9. The Bertz CT molecular complexity index is 375. The lowest BCUT2D eigenvalue weighted by Crippen LogP contribution is -2.45. The summed E-state index contributed by atoms with van der Waals surface area (Å²) in [5.74, 6) is -0.191. The van der Waals surface area contributed by atoms with Crippen LogP contribution in [0.5, 0.6) is 0 Å². The molecule has 16 heavy (non-hydrogen) atoms. The zero-order valence-electron chi connectivity index (χ0n) is 9.41. The number of hydrogen-bond acceptors (Lipinski definition) is 2. The SMILES string of the molecule is C[C@@H]1CN(c2cccc(Br)c2F)C[C@H](C)O1. The summed E-state index contributed by atoms with van der Waals surface area (Å²) >= 11 is 3.21. The average Bonchev–Trinajstić information content (AvgIpc) is 2.20. The molecule has 0 spiro atoms. The third kappa shape index (κ3) is 2.38. The molecule has 4 heteroatoms. The molecule has 1 aromatic rings. The Morgan fingerprint density at radius 1 is 1.31 bits per heavy atom. The molecular weight excluding hydrogens is 273 g/mol. The normalized spacial score (nSPS) is 25.9. The molecule has 1 aromatic carbocycles. The fourth-order valence-electron chi connectivity index (χ4n) is 2.11. The highest BCUT2D eigenvalue weighted by Gasteiger charge is 2.24. The van der Waals surface area contributed by atoms with Crippen molar-refractivity contribution in [3.8, 4) is 0 Å². The van der Waals surface area contributed by atoms with Gasteiger partial charge in [-0.1, -0.05) is 6.07 Å². The standard InChI is InChI=1S/C12H15BrFNO/c1-8-6-15(7-9(2)16-8)11-5-3-4-10(13)12(11)14/h3-5,8-9H,6-7H2,1-2H3/t8-,9+. The van der Waals surface area contributed by atoms with E-state index in [0.717, 1.165) is 13.1 Å². The molecule has 2 atom stereocenters. The molecule has 1 aliphatic heterocycles. The maximum atomic E-state index is 13.9. The second-order valence-corrected chi connectivity index (χ2v) is 5.09. The van der Waals surface area contributed by atoms with Crippen LogP contribution in [-0.2, 0) is 4.74 Å². The minimum atomic E-state index is -0.191. The predicted molar refractivity (Wildman–Crippen MR) is 66.3 cm³/mol. The monoisotopic (exact) mass is 287 g/mol. The van der Waals surface area contributed by atoms with Crippen molar-refractivity contribution in [2.45, 2.75) is 26.1 Å². The van der Waals surface area contributed by atoms with Gasteiger partial charge in [-0.2, -0.15) is 0 Å². The molecule has 1 saturated heterocycles. The van der Waals surface area contributed by atoms with Gasteiger partial charge >= 0.3 is 0 Å². The minimum absolute atomic E-state index is 0.141. The first-order chi connectivity index (χ1) is 7.58. The van der Waals surface area contributed by atoms with E-state index in [2.05, 4.69) is 15.9 Å². The summed E-state index contributed by atoms with van der Waals surface area (Å²) in [6, 6.07) is 5.38. The summed E-state index contributed by atoms with van der Waals surface area (Å²) in [5, 5.41) is 0. The van der Waals surface area contributed by atoms with Crippen molar-refractivity contribution in [3.63, 3.8) is 0 Å². The number of ether oxygens (including phenoxy) is 1. The Labute approximate surface area is 104 Å². The quantitative estimate of drug-likeness (QED) is 0.787. The van der Waals surface area contributed by atoms with E-state index in [0.29, 0.717) is 10.2 Å². The van der Waals surface area contributed by atoms with Gasteiger partial charge < -0.3 is 9.64 Å². The van der Waals surface area contributed by atoms with Crippen LogP contribution in [0.15, 0.2) is 22.7 Å². The third-order valence-corrected chi connectivity index (χ3v) is 3.30. The Kier molecular flexibility index (Phi) is 3.50. The molecule has 2 rings (SSSR count). The van der Waals surface area contributed by atoms with Crippen molar-refractivity contribution in [1.29, 1.82) is 0 Å². The zero-order valence-corrected chi connectivity index (χ0v) is 11.0. The second-order valence-electron chi connectivity index (χ2n) is 4.24. The van der Waals surface area contributed by atoms with Crippen molar-refractivity contribution in [1.82, 2.24) is 0 Å². The van der Waals surface area contributed by atoms with Crippen molar-refractivity contribution in [2.75, 3.05) is 18.0 Å². The molecule has 2 nitrogen and oxygen atoms in total. The van der Waals surface area contributed by atoms with E-state index in [1.54, 1.807) is 6.07 Å². The van der Waals surface area contributed by atoms with Crippen LogP contribution in [0.4, 0.5) is 10.1 Å². The van der Waals surface area contributed by atoms with E-state index in [9.17, 15) is 4.39 Å². The van der Waals surface area contributed by atoms with Gasteiger partial charge in [-0.25, -0.2) is 4.39 Å². The average molecular weight is 288 g/mol. The molecule has 1 heterocycles. The van der Waals surface area contributed by atoms with Gasteiger partial charge in [0.2, 0.25) is 0 Å². The van der Waals surface area contributed by atoms with Gasteiger partial charge in [0, 0.05) is 13.1 Å². The summed E-state index contributed by atoms with van der Waals surface area (Å²) in [5.41, 5.74) is 0.649. The first-order valence-corrected chi connectivity index (χ1v) is 6.21. The van der Waals surface area contributed by atoms with Crippen LogP contribution >= 0.6 is 15.9 Å². The van der Waals surface area contributed by atoms with Crippen LogP contribution in [0.3, 0.4) is 0 Å². The zero-order chi connectivity index (χ0) is 11.7. The highest BCUT2D eigenvalue weighted by molar-refractivity contribution is 9.10. The molecule has 0 aromatic heterocycles. The maximum Gasteiger partial charge on any atom is 0.160 e. The van der Waals surface area contributed by atoms with Gasteiger partial charge in [-0.3, -0.25) is 0 Å². The summed E-state index contributed by atoms with van der Waals surface area (Å²) < 4.78 is 20.1. The summed E-state index contributed by atoms with van der Waals surface area (Å²) in [7, 11) is 0. The first-order valence-electron chi connectivity index (χ1n) is 5.42. The molecule has 1 fully saturated rings. The third-order valence-electron chi connectivity index (χ3n) is 2.69. The fourth-order valence-corrected chi connectivity index (χ4v) is 2.47. The molecule has 88 valence electrons. The fraction of sp³-hybridized carbons (Fsp3) is 0.500. The molecule has 0 bridgehead atoms. The predicted octanol–water partition coefficient (Wildman–Crippen LogP) is 3.20. The number of halogens is 2. The van der Waals surface area contributed by atoms with E-state index in [1.807, 2.05) is 30.9 Å². The number of morpholine rings is 1. The number of rotatable bonds is 1. The number of nitrogens with zero attached hydrogens (tertiary/aromatic N) is 1. The molecule has 0 N–H and O–H groups in total. The van der Waals surface area contributed by atoms with Crippen molar-refractivity contribution >= 4 is 21.6 Å². The van der Waals surface area contributed by atoms with E-state index in [1.165, 1.54) is 0 Å². The molecule has 0 amide bonds. The lowest BCUT2D eigenvalue weighted by atomic mass is 10.2. The Morgan fingerprint density at radius 2 is 1.94 bits per heavy atom. The van der Waals surface area contributed by atoms with Crippen LogP contribution in [-0.4, -0.2) is 25.3 Å². The molecule has 0 aliphatic carbocycles. The minimum Gasteiger partial charge on any atom is -0.372 e. The van der Waals surface area contributed by atoms with Crippen LogP contribution in [0.2, 0.25) is 0 Å². The van der Waals surface area contributed by atoms with Gasteiger partial charge in [-0.05, 0) is 41.9 Å². The van der Waals surface area contributed by atoms with Crippen molar-refractivity contribution in [2.24, 2.45) is 0 Å². The highest BCUT2D eigenvalue weighted by atomic mass is 79.9. The van der Waals surface area contributed by atoms with Crippen molar-refractivity contribution < 1.29 is 9.13 Å². The number of hydrogen-bond donors (Lipinski definition) is 0. The van der Waals surface area contributed by atoms with Gasteiger partial charge in [0.25, 0.3) is 0 Å². The summed E-state index contributed by atoms with van der Waals surface area (Å²) in [6.07, 6.45) is 0.282. The number of anilines is 1. The smallest absolute Gasteiger partial charge is 0.160 e. The summed E-state index contributed by atoms with van der Waals surface area (Å²) in [6.45, 7) is 5.49. The molecule has 0 unspecified atom stereocenters. The lowest BCUT2D eigenvalue weighted by molar-refractivity contribution is -0.00539. The van der Waals surface area contributed by atoms with Crippen LogP contribution in [0.25, 0.3) is 0 Å². The van der Waals surface area contributed by atoms with E-state index >= 15 is 0 Å². The van der Waals surface area contributed by atoms with Gasteiger partial charge in [0.1, 0.15) is 0 Å². The van der Waals surface area contributed by atoms with E-state index in [-0.39, 0.29) is 18.0 Å². The molecule has 0 saturated carbocycles. The molecule has 0 radical (unpaired) electrons. The van der Waals surface area contributed by atoms with Gasteiger partial charge in [0.15, 0.2) is 5.82 Å². The van der Waals surface area contributed by atoms with E-state index in [4.69, 9.17) is 4.74 Å². The lowest BCUT2D eigenvalue weighted by Gasteiger charge is -2.37. The Balaban J connectivity index is 2.26. The van der Waals surface area contributed by atoms with Gasteiger partial charge in [-0.15, -0.1) is 0 Å². The second kappa shape index (κ2) is 4.72. The summed E-state index contributed by atoms with van der Waals surface area (Å²) in [4.78, 5) is 2.04. The van der Waals surface area contributed by atoms with Crippen molar-refractivity contribution in [3.05, 3.63) is 28.5 Å². The Hall–Kier alpha value is -0.610. The van der Waals surface area contributed by atoms with Crippen LogP contribution < -0.4 is 4.90 Å². The maximum absolute atomic E-state index is 13.9. The van der Waals surface area contributed by atoms with E-state index < -0.39 is 0 Å². The topological polar surface area (TPSA) is 12.5 Å².